The van der Waals surface area contributed by atoms with Gasteiger partial charge in [0.2, 0.25) is 0 Å². The molecule has 0 aliphatic heterocycles. The molecular formula is C19H22N4O. The highest BCUT2D eigenvalue weighted by Crippen LogP contribution is 2.36. The topological polar surface area (TPSA) is 84.6 Å². The molecule has 0 saturated carbocycles. The minimum Gasteiger partial charge on any atom is -0.412 e. The number of benzene rings is 1. The van der Waals surface area contributed by atoms with Gasteiger partial charge in [-0.1, -0.05) is 25.5 Å². The number of unbranched alkanes of at least 4 members (excludes halogenated alkanes) is 1. The molecule has 0 atom stereocenters. The predicted molar refractivity (Wildman–Crippen MR) is 96.4 cm³/mol. The number of nitrogens with one attached hydrogen (secondary N) is 1. The molecule has 0 spiro atoms. The monoisotopic (exact) mass is 322 g/mol. The third-order valence-corrected chi connectivity index (χ3v) is 4.75. The summed E-state index contributed by atoms with van der Waals surface area (Å²) in [6.07, 6.45) is 5.46. The maximum Gasteiger partial charge on any atom is 0.157 e. The Balaban J connectivity index is 0.00000169. The van der Waals surface area contributed by atoms with E-state index in [-0.39, 0.29) is 5.48 Å². The van der Waals surface area contributed by atoms with E-state index in [1.54, 1.807) is 0 Å². The van der Waals surface area contributed by atoms with E-state index in [4.69, 9.17) is 4.98 Å². The van der Waals surface area contributed by atoms with Crippen molar-refractivity contribution in [2.45, 2.75) is 39.0 Å². The molecule has 5 heteroatoms. The minimum absolute atomic E-state index is 0. The Kier molecular flexibility index (Phi) is 4.41. The van der Waals surface area contributed by atoms with Gasteiger partial charge in [-0.25, -0.2) is 4.98 Å². The lowest BCUT2D eigenvalue weighted by atomic mass is 10.1. The van der Waals surface area contributed by atoms with Crippen LogP contribution >= 0.6 is 0 Å². The molecule has 3 N–H and O–H groups in total. The summed E-state index contributed by atoms with van der Waals surface area (Å²) in [5.41, 5.74) is 6.10. The summed E-state index contributed by atoms with van der Waals surface area (Å²) >= 11 is 0. The normalized spacial score (nSPS) is 12.8. The highest BCUT2D eigenvalue weighted by atomic mass is 16.0. The first-order chi connectivity index (χ1) is 11.3. The SMILES string of the molecule is CCCCNc1c2c(c(C#N)c3nc4ccccc4n13)CCC2.O. The zero-order valence-electron chi connectivity index (χ0n) is 13.9. The first-order valence-corrected chi connectivity index (χ1v) is 8.44. The number of rotatable bonds is 4. The van der Waals surface area contributed by atoms with Crippen LogP contribution < -0.4 is 5.32 Å². The van der Waals surface area contributed by atoms with Crippen molar-refractivity contribution in [3.8, 4) is 6.07 Å². The Bertz CT molecular complexity index is 936. The third kappa shape index (κ3) is 2.31. The fraction of sp³-hybridized carbons (Fsp3) is 0.368. The van der Waals surface area contributed by atoms with Crippen LogP contribution in [0.15, 0.2) is 24.3 Å². The summed E-state index contributed by atoms with van der Waals surface area (Å²) in [7, 11) is 0. The molecule has 24 heavy (non-hydrogen) atoms. The van der Waals surface area contributed by atoms with Crippen LogP contribution in [-0.2, 0) is 12.8 Å². The number of nitriles is 1. The molecule has 0 saturated heterocycles. The summed E-state index contributed by atoms with van der Waals surface area (Å²) in [6.45, 7) is 3.16. The van der Waals surface area contributed by atoms with Crippen LogP contribution in [0.1, 0.15) is 42.9 Å². The molecule has 2 heterocycles. The van der Waals surface area contributed by atoms with Crippen molar-refractivity contribution < 1.29 is 5.48 Å². The second-order valence-electron chi connectivity index (χ2n) is 6.19. The number of anilines is 1. The lowest BCUT2D eigenvalue weighted by Crippen LogP contribution is -2.10. The first-order valence-electron chi connectivity index (χ1n) is 8.44. The van der Waals surface area contributed by atoms with Crippen LogP contribution in [0.3, 0.4) is 0 Å². The smallest absolute Gasteiger partial charge is 0.157 e. The van der Waals surface area contributed by atoms with Crippen LogP contribution in [0, 0.1) is 11.3 Å². The molecule has 124 valence electrons. The van der Waals surface area contributed by atoms with Gasteiger partial charge in [0.05, 0.1) is 16.6 Å². The van der Waals surface area contributed by atoms with Crippen molar-refractivity contribution in [1.82, 2.24) is 9.38 Å². The van der Waals surface area contributed by atoms with Gasteiger partial charge in [0, 0.05) is 6.54 Å². The summed E-state index contributed by atoms with van der Waals surface area (Å²) in [4.78, 5) is 4.75. The lowest BCUT2D eigenvalue weighted by Gasteiger charge is -2.16. The van der Waals surface area contributed by atoms with Gasteiger partial charge in [-0.15, -0.1) is 0 Å². The quantitative estimate of drug-likeness (QED) is 0.748. The molecule has 0 bridgehead atoms. The van der Waals surface area contributed by atoms with Crippen molar-refractivity contribution in [2.75, 3.05) is 11.9 Å². The van der Waals surface area contributed by atoms with E-state index in [2.05, 4.69) is 28.8 Å². The maximum absolute atomic E-state index is 9.71. The van der Waals surface area contributed by atoms with Gasteiger partial charge in [0.25, 0.3) is 0 Å². The summed E-state index contributed by atoms with van der Waals surface area (Å²) in [6, 6.07) is 10.6. The van der Waals surface area contributed by atoms with Crippen LogP contribution in [-0.4, -0.2) is 21.4 Å². The largest absolute Gasteiger partial charge is 0.412 e. The Hall–Kier alpha value is -2.58. The molecule has 1 aliphatic carbocycles. The number of hydrogen-bond acceptors (Lipinski definition) is 3. The summed E-state index contributed by atoms with van der Waals surface area (Å²) in [5.74, 6) is 1.15. The van der Waals surface area contributed by atoms with E-state index < -0.39 is 0 Å². The van der Waals surface area contributed by atoms with E-state index >= 15 is 0 Å². The molecule has 0 radical (unpaired) electrons. The zero-order valence-corrected chi connectivity index (χ0v) is 13.9. The molecule has 2 aromatic heterocycles. The van der Waals surface area contributed by atoms with Gasteiger partial charge in [-0.3, -0.25) is 4.40 Å². The van der Waals surface area contributed by atoms with Crippen molar-refractivity contribution >= 4 is 22.5 Å². The molecule has 5 nitrogen and oxygen atoms in total. The van der Waals surface area contributed by atoms with Crippen LogP contribution in [0.2, 0.25) is 0 Å². The van der Waals surface area contributed by atoms with Crippen molar-refractivity contribution in [3.63, 3.8) is 0 Å². The number of pyridine rings is 1. The molecule has 0 amide bonds. The van der Waals surface area contributed by atoms with Crippen molar-refractivity contribution in [3.05, 3.63) is 41.0 Å². The fourth-order valence-corrected chi connectivity index (χ4v) is 3.66. The van der Waals surface area contributed by atoms with Gasteiger partial charge in [0.15, 0.2) is 5.65 Å². The van der Waals surface area contributed by atoms with Crippen LogP contribution in [0.4, 0.5) is 5.82 Å². The Morgan fingerprint density at radius 2 is 2.04 bits per heavy atom. The minimum atomic E-state index is 0. The standard InChI is InChI=1S/C19H20N4.H2O/c1-2-3-11-21-18-14-8-6-7-13(14)15(12-20)19-22-16-9-4-5-10-17(16)23(18)19;/h4-5,9-10,21H,2-3,6-8,11H2,1H3;1H2. The average Bonchev–Trinajstić information content (AvgIpc) is 3.19. The zero-order chi connectivity index (χ0) is 15.8. The number of nitrogens with zero attached hydrogens (tertiary/aromatic N) is 3. The van der Waals surface area contributed by atoms with E-state index in [1.807, 2.05) is 18.2 Å². The van der Waals surface area contributed by atoms with Gasteiger partial charge in [0.1, 0.15) is 11.9 Å². The lowest BCUT2D eigenvalue weighted by molar-refractivity contribution is 0.824. The second-order valence-corrected chi connectivity index (χ2v) is 6.19. The van der Waals surface area contributed by atoms with Gasteiger partial charge in [-0.2, -0.15) is 5.26 Å². The van der Waals surface area contributed by atoms with E-state index in [1.165, 1.54) is 17.5 Å². The van der Waals surface area contributed by atoms with Gasteiger partial charge < -0.3 is 10.8 Å². The number of hydrogen-bond donors (Lipinski definition) is 1. The molecule has 1 aliphatic rings. The molecule has 3 aromatic rings. The highest BCUT2D eigenvalue weighted by Gasteiger charge is 2.25. The molecule has 0 fully saturated rings. The average molecular weight is 322 g/mol. The number of aromatic nitrogens is 2. The molecule has 0 unspecified atom stereocenters. The highest BCUT2D eigenvalue weighted by molar-refractivity contribution is 5.86. The Morgan fingerprint density at radius 3 is 2.83 bits per heavy atom. The van der Waals surface area contributed by atoms with Crippen LogP contribution in [0.25, 0.3) is 16.7 Å². The summed E-state index contributed by atoms with van der Waals surface area (Å²) < 4.78 is 2.16. The van der Waals surface area contributed by atoms with Gasteiger partial charge >= 0.3 is 0 Å². The van der Waals surface area contributed by atoms with E-state index in [0.717, 1.165) is 60.3 Å². The Labute approximate surface area is 141 Å². The Morgan fingerprint density at radius 1 is 1.25 bits per heavy atom. The number of para-hydroxylation sites is 2. The van der Waals surface area contributed by atoms with E-state index in [0.29, 0.717) is 0 Å². The van der Waals surface area contributed by atoms with E-state index in [9.17, 15) is 5.26 Å². The van der Waals surface area contributed by atoms with Crippen molar-refractivity contribution in [1.29, 1.82) is 5.26 Å². The maximum atomic E-state index is 9.71. The molecule has 4 rings (SSSR count). The number of imidazole rings is 1. The number of fused-ring (bicyclic) bond motifs is 4. The predicted octanol–water partition coefficient (Wildman–Crippen LogP) is 3.24. The fourth-order valence-electron chi connectivity index (χ4n) is 3.66. The molecular weight excluding hydrogens is 300 g/mol. The molecule has 1 aromatic carbocycles. The van der Waals surface area contributed by atoms with Gasteiger partial charge in [-0.05, 0) is 48.9 Å². The first kappa shape index (κ1) is 16.3. The third-order valence-electron chi connectivity index (χ3n) is 4.75. The van der Waals surface area contributed by atoms with Crippen molar-refractivity contribution in [2.24, 2.45) is 0 Å². The second kappa shape index (κ2) is 6.50. The van der Waals surface area contributed by atoms with Crippen LogP contribution in [0.5, 0.6) is 0 Å². The summed E-state index contributed by atoms with van der Waals surface area (Å²) in [5, 5.41) is 13.3.